The van der Waals surface area contributed by atoms with Crippen molar-refractivity contribution >= 4 is 22.6 Å². The van der Waals surface area contributed by atoms with Gasteiger partial charge < -0.3 is 5.32 Å². The highest BCUT2D eigenvalue weighted by Crippen LogP contribution is 2.27. The van der Waals surface area contributed by atoms with E-state index in [2.05, 4.69) is 20.4 Å². The van der Waals surface area contributed by atoms with Gasteiger partial charge in [0, 0.05) is 37.3 Å². The normalized spacial score (nSPS) is 10.7. The minimum Gasteiger partial charge on any atom is -0.325 e. The summed E-state index contributed by atoms with van der Waals surface area (Å²) in [6.45, 7) is 1.47. The number of anilines is 1. The highest BCUT2D eigenvalue weighted by molar-refractivity contribution is 5.96. The maximum atomic E-state index is 11.1. The van der Waals surface area contributed by atoms with Gasteiger partial charge in [0.25, 0.3) is 0 Å². The number of nitrogens with one attached hydrogen (secondary N) is 1. The number of nitrogens with zero attached hydrogens (tertiary/aromatic N) is 4. The van der Waals surface area contributed by atoms with Crippen LogP contribution in [0.2, 0.25) is 0 Å². The molecule has 0 aliphatic rings. The number of aryl methyl sites for hydroxylation is 1. The summed E-state index contributed by atoms with van der Waals surface area (Å²) in [4.78, 5) is 19.5. The number of amides is 1. The number of hydrogen-bond donors (Lipinski definition) is 1. The molecule has 1 amide bonds. The molecule has 0 saturated carbocycles. The molecule has 0 atom stereocenters. The molecule has 0 aliphatic heterocycles. The average molecular weight is 267 g/mol. The van der Waals surface area contributed by atoms with Crippen LogP contribution in [-0.2, 0) is 11.8 Å². The molecule has 0 fully saturated rings. The maximum Gasteiger partial charge on any atom is 0.221 e. The van der Waals surface area contributed by atoms with Crippen LogP contribution in [0.1, 0.15) is 6.92 Å². The zero-order valence-electron chi connectivity index (χ0n) is 11.2. The molecule has 0 bridgehead atoms. The van der Waals surface area contributed by atoms with Crippen molar-refractivity contribution in [1.29, 1.82) is 0 Å². The van der Waals surface area contributed by atoms with Crippen molar-refractivity contribution in [2.24, 2.45) is 7.05 Å². The van der Waals surface area contributed by atoms with E-state index in [1.54, 1.807) is 23.3 Å². The Labute approximate surface area is 115 Å². The quantitative estimate of drug-likeness (QED) is 0.770. The first-order valence-corrected chi connectivity index (χ1v) is 6.16. The first kappa shape index (κ1) is 12.3. The third kappa shape index (κ3) is 2.11. The van der Waals surface area contributed by atoms with Crippen molar-refractivity contribution in [3.63, 3.8) is 0 Å². The Bertz CT molecular complexity index is 779. The zero-order valence-corrected chi connectivity index (χ0v) is 11.2. The number of carbonyl (C=O) groups excluding carboxylic acids is 1. The van der Waals surface area contributed by atoms with Gasteiger partial charge in [0.05, 0.1) is 11.9 Å². The number of pyridine rings is 2. The summed E-state index contributed by atoms with van der Waals surface area (Å²) in [5.74, 6) is -0.125. The van der Waals surface area contributed by atoms with Crippen LogP contribution in [0.25, 0.3) is 22.3 Å². The van der Waals surface area contributed by atoms with Crippen LogP contribution in [0.4, 0.5) is 5.69 Å². The van der Waals surface area contributed by atoms with Crippen LogP contribution < -0.4 is 5.32 Å². The number of carbonyl (C=O) groups is 1. The second-order valence-corrected chi connectivity index (χ2v) is 4.48. The summed E-state index contributed by atoms with van der Waals surface area (Å²) in [7, 11) is 1.85. The van der Waals surface area contributed by atoms with Gasteiger partial charge in [0.2, 0.25) is 5.91 Å². The molecular weight excluding hydrogens is 254 g/mol. The summed E-state index contributed by atoms with van der Waals surface area (Å²) in [5.41, 5.74) is 3.22. The predicted octanol–water partition coefficient (Wildman–Crippen LogP) is 1.99. The molecule has 0 aromatic carbocycles. The van der Waals surface area contributed by atoms with E-state index in [4.69, 9.17) is 0 Å². The van der Waals surface area contributed by atoms with Crippen molar-refractivity contribution < 1.29 is 4.79 Å². The van der Waals surface area contributed by atoms with Crippen LogP contribution in [-0.4, -0.2) is 25.7 Å². The Morgan fingerprint density at radius 3 is 2.75 bits per heavy atom. The highest BCUT2D eigenvalue weighted by Gasteiger charge is 2.12. The molecule has 20 heavy (non-hydrogen) atoms. The van der Waals surface area contributed by atoms with Crippen molar-refractivity contribution in [2.45, 2.75) is 6.92 Å². The third-order valence-corrected chi connectivity index (χ3v) is 2.95. The minimum atomic E-state index is -0.125. The van der Waals surface area contributed by atoms with Gasteiger partial charge >= 0.3 is 0 Å². The van der Waals surface area contributed by atoms with Gasteiger partial charge in [0.1, 0.15) is 5.69 Å². The van der Waals surface area contributed by atoms with Gasteiger partial charge in [-0.2, -0.15) is 5.10 Å². The van der Waals surface area contributed by atoms with Crippen LogP contribution in [0.3, 0.4) is 0 Å². The fourth-order valence-corrected chi connectivity index (χ4v) is 2.14. The monoisotopic (exact) mass is 267 g/mol. The predicted molar refractivity (Wildman–Crippen MR) is 76.0 cm³/mol. The van der Waals surface area contributed by atoms with Gasteiger partial charge in [-0.1, -0.05) is 0 Å². The lowest BCUT2D eigenvalue weighted by molar-refractivity contribution is -0.114. The topological polar surface area (TPSA) is 72.7 Å². The second-order valence-electron chi connectivity index (χ2n) is 4.48. The van der Waals surface area contributed by atoms with Crippen molar-refractivity contribution in [2.75, 3.05) is 5.32 Å². The Morgan fingerprint density at radius 1 is 1.30 bits per heavy atom. The molecule has 3 aromatic rings. The Morgan fingerprint density at radius 2 is 2.05 bits per heavy atom. The van der Waals surface area contributed by atoms with Gasteiger partial charge in [-0.05, 0) is 18.2 Å². The number of aromatic nitrogens is 4. The van der Waals surface area contributed by atoms with Crippen LogP contribution >= 0.6 is 0 Å². The standard InChI is InChI=1S/C14H13N5O/c1-9(20)17-11-7-12-13(10-3-5-15-6-4-10)18-19(2)14(12)16-8-11/h3-8H,1-2H3,(H,17,20). The van der Waals surface area contributed by atoms with Crippen molar-refractivity contribution in [3.8, 4) is 11.3 Å². The molecule has 0 unspecified atom stereocenters. The molecule has 1 N–H and O–H groups in total. The molecule has 6 nitrogen and oxygen atoms in total. The lowest BCUT2D eigenvalue weighted by Gasteiger charge is -2.02. The van der Waals surface area contributed by atoms with E-state index in [0.29, 0.717) is 5.69 Å². The van der Waals surface area contributed by atoms with E-state index in [1.807, 2.05) is 25.2 Å². The molecule has 3 aromatic heterocycles. The Hall–Kier alpha value is -2.76. The van der Waals surface area contributed by atoms with E-state index in [9.17, 15) is 4.79 Å². The molecule has 0 radical (unpaired) electrons. The van der Waals surface area contributed by atoms with Gasteiger partial charge in [0.15, 0.2) is 5.65 Å². The van der Waals surface area contributed by atoms with E-state index >= 15 is 0 Å². The SMILES string of the molecule is CC(=O)Nc1cnc2c(c1)c(-c1ccncc1)nn2C. The molecule has 3 rings (SSSR count). The summed E-state index contributed by atoms with van der Waals surface area (Å²) in [6.07, 6.45) is 5.07. The molecule has 3 heterocycles. The van der Waals surface area contributed by atoms with E-state index in [0.717, 1.165) is 22.3 Å². The molecule has 0 saturated heterocycles. The first-order chi connectivity index (χ1) is 9.65. The lowest BCUT2D eigenvalue weighted by Crippen LogP contribution is -2.05. The van der Waals surface area contributed by atoms with Gasteiger partial charge in [-0.3, -0.25) is 9.78 Å². The summed E-state index contributed by atoms with van der Waals surface area (Å²) in [5, 5.41) is 8.12. The average Bonchev–Trinajstić information content (AvgIpc) is 2.76. The highest BCUT2D eigenvalue weighted by atomic mass is 16.1. The summed E-state index contributed by atoms with van der Waals surface area (Å²) in [6, 6.07) is 5.67. The van der Waals surface area contributed by atoms with Crippen molar-refractivity contribution in [1.82, 2.24) is 19.7 Å². The molecule has 0 aliphatic carbocycles. The lowest BCUT2D eigenvalue weighted by atomic mass is 10.1. The maximum absolute atomic E-state index is 11.1. The number of rotatable bonds is 2. The number of fused-ring (bicyclic) bond motifs is 1. The molecule has 100 valence electrons. The second kappa shape index (κ2) is 4.73. The van der Waals surface area contributed by atoms with E-state index < -0.39 is 0 Å². The van der Waals surface area contributed by atoms with Crippen LogP contribution in [0.5, 0.6) is 0 Å². The van der Waals surface area contributed by atoms with Gasteiger partial charge in [-0.25, -0.2) is 9.67 Å². The van der Waals surface area contributed by atoms with Gasteiger partial charge in [-0.15, -0.1) is 0 Å². The Balaban J connectivity index is 2.19. The molecule has 0 spiro atoms. The largest absolute Gasteiger partial charge is 0.325 e. The van der Waals surface area contributed by atoms with Crippen molar-refractivity contribution in [3.05, 3.63) is 36.8 Å². The Kier molecular flexibility index (Phi) is 2.90. The van der Waals surface area contributed by atoms with Crippen LogP contribution in [0.15, 0.2) is 36.8 Å². The summed E-state index contributed by atoms with van der Waals surface area (Å²) < 4.78 is 1.72. The first-order valence-electron chi connectivity index (χ1n) is 6.16. The fourth-order valence-electron chi connectivity index (χ4n) is 2.14. The van der Waals surface area contributed by atoms with E-state index in [-0.39, 0.29) is 5.91 Å². The minimum absolute atomic E-state index is 0.125. The number of hydrogen-bond acceptors (Lipinski definition) is 4. The van der Waals surface area contributed by atoms with Crippen LogP contribution in [0, 0.1) is 0 Å². The molecular formula is C14H13N5O. The zero-order chi connectivity index (χ0) is 14.1. The smallest absolute Gasteiger partial charge is 0.221 e. The van der Waals surface area contributed by atoms with E-state index in [1.165, 1.54) is 6.92 Å². The molecule has 6 heteroatoms. The third-order valence-electron chi connectivity index (χ3n) is 2.95. The fraction of sp³-hybridized carbons (Fsp3) is 0.143. The summed E-state index contributed by atoms with van der Waals surface area (Å²) >= 11 is 0.